The normalized spacial score (nSPS) is 16.3. The molecular weight excluding hydrogens is 322 g/mol. The average Bonchev–Trinajstić information content (AvgIpc) is 2.62. The summed E-state index contributed by atoms with van der Waals surface area (Å²) in [7, 11) is 0. The van der Waals surface area contributed by atoms with Crippen LogP contribution in [0.3, 0.4) is 0 Å². The zero-order valence-electron chi connectivity index (χ0n) is 16.0. The van der Waals surface area contributed by atoms with Gasteiger partial charge in [0.05, 0.1) is 5.69 Å². The number of carbonyl (C=O) groups excluding carboxylic acids is 1. The van der Waals surface area contributed by atoms with Crippen molar-refractivity contribution in [2.75, 3.05) is 18.4 Å². The van der Waals surface area contributed by atoms with E-state index in [0.29, 0.717) is 0 Å². The molecule has 1 aliphatic rings. The Morgan fingerprint density at radius 1 is 0.962 bits per heavy atom. The average molecular weight is 351 g/mol. The summed E-state index contributed by atoms with van der Waals surface area (Å²) in [6.07, 6.45) is 1.98. The Labute approximate surface area is 156 Å². The van der Waals surface area contributed by atoms with Crippen LogP contribution in [0, 0.1) is 0 Å². The van der Waals surface area contributed by atoms with Gasteiger partial charge in [-0.2, -0.15) is 0 Å². The minimum absolute atomic E-state index is 0.123. The molecule has 0 atom stereocenters. The zero-order valence-corrected chi connectivity index (χ0v) is 16.0. The third-order valence-corrected chi connectivity index (χ3v) is 5.04. The van der Waals surface area contributed by atoms with Gasteiger partial charge in [0.1, 0.15) is 0 Å². The number of hydrogen-bond acceptors (Lipinski definition) is 2. The third kappa shape index (κ3) is 4.64. The minimum atomic E-state index is -0.123. The van der Waals surface area contributed by atoms with E-state index < -0.39 is 0 Å². The van der Waals surface area contributed by atoms with Gasteiger partial charge in [0.2, 0.25) is 0 Å². The molecule has 0 spiro atoms. The summed E-state index contributed by atoms with van der Waals surface area (Å²) in [5.74, 6) is 0. The molecule has 1 heterocycles. The van der Waals surface area contributed by atoms with Crippen molar-refractivity contribution in [2.45, 2.75) is 45.2 Å². The highest BCUT2D eigenvalue weighted by Gasteiger charge is 2.27. The van der Waals surface area contributed by atoms with Crippen molar-refractivity contribution in [1.82, 2.24) is 10.2 Å². The molecule has 1 aliphatic heterocycles. The lowest BCUT2D eigenvalue weighted by Gasteiger charge is -2.41. The number of rotatable bonds is 3. The van der Waals surface area contributed by atoms with Crippen LogP contribution < -0.4 is 10.6 Å². The molecule has 2 aromatic carbocycles. The number of piperidine rings is 1. The molecule has 0 unspecified atom stereocenters. The molecule has 0 aliphatic carbocycles. The molecule has 0 saturated carbocycles. The molecule has 4 heteroatoms. The molecule has 0 radical (unpaired) electrons. The van der Waals surface area contributed by atoms with Gasteiger partial charge >= 0.3 is 6.03 Å². The van der Waals surface area contributed by atoms with E-state index in [0.717, 1.165) is 42.7 Å². The van der Waals surface area contributed by atoms with E-state index in [9.17, 15) is 4.79 Å². The van der Waals surface area contributed by atoms with E-state index in [-0.39, 0.29) is 17.6 Å². The number of carbonyl (C=O) groups is 1. The molecule has 1 saturated heterocycles. The Morgan fingerprint density at radius 3 is 2.23 bits per heavy atom. The molecule has 1 fully saturated rings. The van der Waals surface area contributed by atoms with Crippen molar-refractivity contribution in [3.05, 3.63) is 54.6 Å². The molecule has 2 N–H and O–H groups in total. The second kappa shape index (κ2) is 7.92. The molecule has 2 amide bonds. The van der Waals surface area contributed by atoms with Crippen molar-refractivity contribution in [3.8, 4) is 11.1 Å². The van der Waals surface area contributed by atoms with E-state index in [1.54, 1.807) is 0 Å². The number of benzene rings is 2. The van der Waals surface area contributed by atoms with E-state index in [2.05, 4.69) is 48.4 Å². The van der Waals surface area contributed by atoms with Crippen LogP contribution in [0.5, 0.6) is 0 Å². The van der Waals surface area contributed by atoms with E-state index in [1.165, 1.54) is 0 Å². The van der Waals surface area contributed by atoms with Crippen molar-refractivity contribution in [2.24, 2.45) is 0 Å². The lowest BCUT2D eigenvalue weighted by atomic mass is 9.98. The van der Waals surface area contributed by atoms with Crippen LogP contribution in [0.4, 0.5) is 10.5 Å². The number of hydrogen-bond donors (Lipinski definition) is 2. The highest BCUT2D eigenvalue weighted by Crippen LogP contribution is 2.27. The molecule has 138 valence electrons. The van der Waals surface area contributed by atoms with Gasteiger partial charge in [0, 0.05) is 30.2 Å². The molecule has 26 heavy (non-hydrogen) atoms. The maximum atomic E-state index is 12.5. The smallest absolute Gasteiger partial charge is 0.319 e. The van der Waals surface area contributed by atoms with Gasteiger partial charge in [0.25, 0.3) is 0 Å². The Hall–Kier alpha value is -2.33. The molecule has 2 aromatic rings. The highest BCUT2D eigenvalue weighted by atomic mass is 16.2. The van der Waals surface area contributed by atoms with Crippen molar-refractivity contribution >= 4 is 11.7 Å². The number of para-hydroxylation sites is 1. The molecular formula is C22H29N3O. The number of nitrogens with zero attached hydrogens (tertiary/aromatic N) is 1. The molecule has 4 nitrogen and oxygen atoms in total. The summed E-state index contributed by atoms with van der Waals surface area (Å²) < 4.78 is 0. The predicted octanol–water partition coefficient (Wildman–Crippen LogP) is 4.74. The topological polar surface area (TPSA) is 44.4 Å². The van der Waals surface area contributed by atoms with Crippen LogP contribution in [0.15, 0.2) is 54.6 Å². The van der Waals surface area contributed by atoms with E-state index >= 15 is 0 Å². The summed E-state index contributed by atoms with van der Waals surface area (Å²) in [5, 5.41) is 6.18. The number of amides is 2. The van der Waals surface area contributed by atoms with Gasteiger partial charge < -0.3 is 10.6 Å². The van der Waals surface area contributed by atoms with Crippen LogP contribution >= 0.6 is 0 Å². The second-order valence-electron chi connectivity index (χ2n) is 7.94. The molecule has 3 rings (SSSR count). The maximum Gasteiger partial charge on any atom is 0.319 e. The number of urea groups is 1. The fraction of sp³-hybridized carbons (Fsp3) is 0.409. The van der Waals surface area contributed by atoms with Gasteiger partial charge in [-0.25, -0.2) is 4.79 Å². The van der Waals surface area contributed by atoms with Crippen LogP contribution in [-0.4, -0.2) is 35.6 Å². The van der Waals surface area contributed by atoms with Gasteiger partial charge in [-0.15, -0.1) is 0 Å². The molecule has 0 aromatic heterocycles. The van der Waals surface area contributed by atoms with Gasteiger partial charge in [-0.3, -0.25) is 4.90 Å². The summed E-state index contributed by atoms with van der Waals surface area (Å²) in [6.45, 7) is 8.78. The lowest BCUT2D eigenvalue weighted by Crippen LogP contribution is -2.51. The van der Waals surface area contributed by atoms with Gasteiger partial charge in [-0.1, -0.05) is 48.5 Å². The van der Waals surface area contributed by atoms with E-state index in [1.807, 2.05) is 42.5 Å². The standard InChI is InChI=1S/C22H29N3O/c1-22(2,3)25-15-13-18(14-16-25)23-21(26)24-20-12-8-7-11-19(20)17-9-5-4-6-10-17/h4-12,18H,13-16H2,1-3H3,(H2,23,24,26). The minimum Gasteiger partial charge on any atom is -0.335 e. The first kappa shape index (κ1) is 18.5. The predicted molar refractivity (Wildman–Crippen MR) is 108 cm³/mol. The van der Waals surface area contributed by atoms with Gasteiger partial charge in [0.15, 0.2) is 0 Å². The summed E-state index contributed by atoms with van der Waals surface area (Å²) in [4.78, 5) is 15.0. The number of anilines is 1. The van der Waals surface area contributed by atoms with Crippen LogP contribution in [0.1, 0.15) is 33.6 Å². The fourth-order valence-corrected chi connectivity index (χ4v) is 3.50. The Morgan fingerprint density at radius 2 is 1.58 bits per heavy atom. The van der Waals surface area contributed by atoms with Crippen LogP contribution in [-0.2, 0) is 0 Å². The summed E-state index contributed by atoms with van der Waals surface area (Å²) >= 11 is 0. The lowest BCUT2D eigenvalue weighted by molar-refractivity contribution is 0.0983. The highest BCUT2D eigenvalue weighted by molar-refractivity contribution is 5.94. The Kier molecular flexibility index (Phi) is 5.62. The summed E-state index contributed by atoms with van der Waals surface area (Å²) in [5.41, 5.74) is 3.16. The first-order chi connectivity index (χ1) is 12.4. The molecule has 0 bridgehead atoms. The van der Waals surface area contributed by atoms with Crippen molar-refractivity contribution in [3.63, 3.8) is 0 Å². The van der Waals surface area contributed by atoms with Crippen LogP contribution in [0.25, 0.3) is 11.1 Å². The first-order valence-corrected chi connectivity index (χ1v) is 9.40. The van der Waals surface area contributed by atoms with Gasteiger partial charge in [-0.05, 0) is 45.2 Å². The Bertz CT molecular complexity index is 729. The largest absolute Gasteiger partial charge is 0.335 e. The van der Waals surface area contributed by atoms with Crippen molar-refractivity contribution in [1.29, 1.82) is 0 Å². The monoisotopic (exact) mass is 351 g/mol. The fourth-order valence-electron chi connectivity index (χ4n) is 3.50. The van der Waals surface area contributed by atoms with Crippen LogP contribution in [0.2, 0.25) is 0 Å². The SMILES string of the molecule is CC(C)(C)N1CCC(NC(=O)Nc2ccccc2-c2ccccc2)CC1. The number of nitrogens with one attached hydrogen (secondary N) is 2. The van der Waals surface area contributed by atoms with E-state index in [4.69, 9.17) is 0 Å². The quantitative estimate of drug-likeness (QED) is 0.839. The zero-order chi connectivity index (χ0) is 18.6. The maximum absolute atomic E-state index is 12.5. The first-order valence-electron chi connectivity index (χ1n) is 9.40. The third-order valence-electron chi connectivity index (χ3n) is 5.04. The summed E-state index contributed by atoms with van der Waals surface area (Å²) in [6, 6.07) is 18.2. The van der Waals surface area contributed by atoms with Crippen molar-refractivity contribution < 1.29 is 4.79 Å². The number of likely N-dealkylation sites (tertiary alicyclic amines) is 1. The second-order valence-corrected chi connectivity index (χ2v) is 7.94. The Balaban J connectivity index is 1.60.